The Balaban J connectivity index is 3.53. The minimum absolute atomic E-state index is 0.792. The molecule has 0 saturated heterocycles. The lowest BCUT2D eigenvalue weighted by atomic mass is 10.1. The van der Waals surface area contributed by atoms with Crippen molar-refractivity contribution in [3.05, 3.63) is 0 Å². The van der Waals surface area contributed by atoms with Gasteiger partial charge in [-0.15, -0.1) is 0 Å². The van der Waals surface area contributed by atoms with Gasteiger partial charge in [-0.1, -0.05) is 29.8 Å². The third-order valence-corrected chi connectivity index (χ3v) is 2.39. The highest BCUT2D eigenvalue weighted by atomic mass is 79.9. The summed E-state index contributed by atoms with van der Waals surface area (Å²) in [5.41, 5.74) is 0. The van der Waals surface area contributed by atoms with Gasteiger partial charge in [0.1, 0.15) is 0 Å². The van der Waals surface area contributed by atoms with Gasteiger partial charge in [0.05, 0.1) is 6.61 Å². The zero-order valence-corrected chi connectivity index (χ0v) is 10.6. The second kappa shape index (κ2) is 8.97. The second-order valence-electron chi connectivity index (χ2n) is 3.71. The van der Waals surface area contributed by atoms with E-state index in [0.717, 1.165) is 30.9 Å². The first kappa shape index (κ1) is 13.4. The molecule has 0 atom stereocenters. The topological polar surface area (TPSA) is 12.5 Å². The summed E-state index contributed by atoms with van der Waals surface area (Å²) in [6, 6.07) is 0. The summed E-state index contributed by atoms with van der Waals surface area (Å²) in [4.78, 5) is 2.44. The summed E-state index contributed by atoms with van der Waals surface area (Å²) in [5.74, 6) is 0.792. The van der Waals surface area contributed by atoms with Gasteiger partial charge in [0.15, 0.2) is 0 Å². The summed E-state index contributed by atoms with van der Waals surface area (Å²) in [6.45, 7) is 8.73. The van der Waals surface area contributed by atoms with E-state index in [9.17, 15) is 0 Å². The van der Waals surface area contributed by atoms with Crippen LogP contribution in [0.2, 0.25) is 0 Å². The maximum atomic E-state index is 5.07. The highest BCUT2D eigenvalue weighted by Crippen LogP contribution is 2.02. The van der Waals surface area contributed by atoms with Crippen molar-refractivity contribution in [2.75, 3.05) is 38.7 Å². The average Bonchev–Trinajstić information content (AvgIpc) is 2.09. The molecule has 0 heterocycles. The Kier molecular flexibility index (Phi) is 9.25. The molecule has 2 nitrogen and oxygen atoms in total. The fourth-order valence-corrected chi connectivity index (χ4v) is 1.62. The maximum absolute atomic E-state index is 5.07. The molecule has 0 aliphatic carbocycles. The molecule has 0 aromatic heterocycles. The van der Waals surface area contributed by atoms with Gasteiger partial charge in [0, 0.05) is 25.5 Å². The smallest absolute Gasteiger partial charge is 0.0589 e. The van der Waals surface area contributed by atoms with Crippen molar-refractivity contribution >= 4 is 15.9 Å². The van der Waals surface area contributed by atoms with E-state index in [1.807, 2.05) is 0 Å². The maximum Gasteiger partial charge on any atom is 0.0589 e. The molecule has 0 spiro atoms. The van der Waals surface area contributed by atoms with Gasteiger partial charge < -0.3 is 9.64 Å². The van der Waals surface area contributed by atoms with Crippen molar-refractivity contribution in [3.8, 4) is 0 Å². The monoisotopic (exact) mass is 251 g/mol. The van der Waals surface area contributed by atoms with Gasteiger partial charge >= 0.3 is 0 Å². The van der Waals surface area contributed by atoms with Crippen molar-refractivity contribution in [1.29, 1.82) is 0 Å². The van der Waals surface area contributed by atoms with Crippen molar-refractivity contribution in [3.63, 3.8) is 0 Å². The van der Waals surface area contributed by atoms with E-state index >= 15 is 0 Å². The minimum atomic E-state index is 0.792. The molecule has 0 radical (unpaired) electrons. The molecule has 0 saturated carbocycles. The normalized spacial score (nSPS) is 11.5. The summed E-state index contributed by atoms with van der Waals surface area (Å²) in [5, 5.41) is 1.05. The molecule has 0 aromatic carbocycles. The highest BCUT2D eigenvalue weighted by molar-refractivity contribution is 9.09. The Morgan fingerprint density at radius 1 is 1.23 bits per heavy atom. The third-order valence-electron chi connectivity index (χ3n) is 2.04. The van der Waals surface area contributed by atoms with Crippen LogP contribution in [0.25, 0.3) is 0 Å². The first-order chi connectivity index (χ1) is 6.20. The molecule has 3 heteroatoms. The Hall–Kier alpha value is 0.400. The molecule has 0 aliphatic rings. The first-order valence-electron chi connectivity index (χ1n) is 4.98. The van der Waals surface area contributed by atoms with Crippen molar-refractivity contribution in [2.45, 2.75) is 20.3 Å². The van der Waals surface area contributed by atoms with E-state index in [-0.39, 0.29) is 0 Å². The van der Waals surface area contributed by atoms with Crippen LogP contribution in [0.3, 0.4) is 0 Å². The van der Waals surface area contributed by atoms with E-state index in [4.69, 9.17) is 4.74 Å². The molecule has 80 valence electrons. The quantitative estimate of drug-likeness (QED) is 0.615. The molecule has 0 rings (SSSR count). The molecule has 0 unspecified atom stereocenters. The van der Waals surface area contributed by atoms with Gasteiger partial charge in [-0.3, -0.25) is 0 Å². The molecule has 0 aromatic rings. The van der Waals surface area contributed by atoms with E-state index < -0.39 is 0 Å². The number of rotatable bonds is 8. The van der Waals surface area contributed by atoms with Gasteiger partial charge in [-0.2, -0.15) is 0 Å². The Labute approximate surface area is 90.8 Å². The van der Waals surface area contributed by atoms with Gasteiger partial charge in [-0.05, 0) is 18.9 Å². The zero-order chi connectivity index (χ0) is 10.1. The summed E-state index contributed by atoms with van der Waals surface area (Å²) in [6.07, 6.45) is 1.27. The number of alkyl halides is 1. The molecule has 0 N–H and O–H groups in total. The van der Waals surface area contributed by atoms with Crippen LogP contribution in [0.15, 0.2) is 0 Å². The Bertz CT molecular complexity index is 109. The number of halogens is 1. The number of methoxy groups -OCH3 is 1. The van der Waals surface area contributed by atoms with Crippen LogP contribution in [-0.2, 0) is 4.74 Å². The van der Waals surface area contributed by atoms with Crippen molar-refractivity contribution in [1.82, 2.24) is 4.90 Å². The molecule has 13 heavy (non-hydrogen) atoms. The van der Waals surface area contributed by atoms with Gasteiger partial charge in [0.2, 0.25) is 0 Å². The van der Waals surface area contributed by atoms with E-state index in [1.54, 1.807) is 7.11 Å². The van der Waals surface area contributed by atoms with Crippen molar-refractivity contribution < 1.29 is 4.74 Å². The highest BCUT2D eigenvalue weighted by Gasteiger charge is 2.04. The van der Waals surface area contributed by atoms with Gasteiger partial charge in [-0.25, -0.2) is 0 Å². The van der Waals surface area contributed by atoms with Crippen LogP contribution < -0.4 is 0 Å². The van der Waals surface area contributed by atoms with E-state index in [2.05, 4.69) is 34.7 Å². The molecular formula is C10H22BrNO. The zero-order valence-electron chi connectivity index (χ0n) is 9.05. The fraction of sp³-hybridized carbons (Fsp3) is 1.00. The Morgan fingerprint density at radius 2 is 1.92 bits per heavy atom. The van der Waals surface area contributed by atoms with Crippen LogP contribution in [0.4, 0.5) is 0 Å². The summed E-state index contributed by atoms with van der Waals surface area (Å²) in [7, 11) is 1.76. The molecule has 0 fully saturated rings. The first-order valence-corrected chi connectivity index (χ1v) is 6.10. The standard InChI is InChI=1S/C10H22BrNO/c1-10(2)4-6-12(7-5-11)8-9-13-3/h10H,4-9H2,1-3H3. The molecule has 0 bridgehead atoms. The third kappa shape index (κ3) is 8.72. The number of nitrogens with zero attached hydrogens (tertiary/aromatic N) is 1. The fourth-order valence-electron chi connectivity index (χ4n) is 1.12. The van der Waals surface area contributed by atoms with E-state index in [1.165, 1.54) is 13.0 Å². The predicted octanol–water partition coefficient (Wildman–Crippen LogP) is 2.38. The largest absolute Gasteiger partial charge is 0.383 e. The molecular weight excluding hydrogens is 230 g/mol. The number of hydrogen-bond acceptors (Lipinski definition) is 2. The van der Waals surface area contributed by atoms with Crippen LogP contribution >= 0.6 is 15.9 Å². The number of ether oxygens (including phenoxy) is 1. The van der Waals surface area contributed by atoms with E-state index in [0.29, 0.717) is 0 Å². The molecule has 0 aliphatic heterocycles. The average molecular weight is 252 g/mol. The second-order valence-corrected chi connectivity index (χ2v) is 4.50. The summed E-state index contributed by atoms with van der Waals surface area (Å²) >= 11 is 3.47. The SMILES string of the molecule is COCCN(CCBr)CCC(C)C. The van der Waals surface area contributed by atoms with Crippen molar-refractivity contribution in [2.24, 2.45) is 5.92 Å². The number of hydrogen-bond donors (Lipinski definition) is 0. The molecule has 0 amide bonds. The van der Waals surface area contributed by atoms with Crippen LogP contribution in [-0.4, -0.2) is 43.6 Å². The lowest BCUT2D eigenvalue weighted by Crippen LogP contribution is -2.30. The summed E-state index contributed by atoms with van der Waals surface area (Å²) < 4.78 is 5.07. The lowest BCUT2D eigenvalue weighted by molar-refractivity contribution is 0.148. The predicted molar refractivity (Wildman–Crippen MR) is 61.6 cm³/mol. The minimum Gasteiger partial charge on any atom is -0.383 e. The van der Waals surface area contributed by atoms with Gasteiger partial charge in [0.25, 0.3) is 0 Å². The lowest BCUT2D eigenvalue weighted by Gasteiger charge is -2.21. The van der Waals surface area contributed by atoms with Crippen LogP contribution in [0.5, 0.6) is 0 Å². The van der Waals surface area contributed by atoms with Crippen LogP contribution in [0, 0.1) is 5.92 Å². The van der Waals surface area contributed by atoms with Crippen LogP contribution in [0.1, 0.15) is 20.3 Å². The Morgan fingerprint density at radius 3 is 2.38 bits per heavy atom.